The maximum atomic E-state index is 12.1. The van der Waals surface area contributed by atoms with E-state index in [0.717, 1.165) is 5.56 Å². The lowest BCUT2D eigenvalue weighted by Gasteiger charge is -2.07. The first kappa shape index (κ1) is 14.8. The number of carbonyl (C=O) groups is 1. The van der Waals surface area contributed by atoms with Crippen LogP contribution in [0.25, 0.3) is 0 Å². The van der Waals surface area contributed by atoms with Crippen LogP contribution < -0.4 is 0 Å². The van der Waals surface area contributed by atoms with Gasteiger partial charge in [0.25, 0.3) is 0 Å². The van der Waals surface area contributed by atoms with Crippen LogP contribution in [0, 0.1) is 24.2 Å². The van der Waals surface area contributed by atoms with Crippen LogP contribution in [0.15, 0.2) is 35.9 Å². The van der Waals surface area contributed by atoms with Gasteiger partial charge in [-0.1, -0.05) is 43.7 Å². The molecule has 1 aromatic carbocycles. The van der Waals surface area contributed by atoms with Gasteiger partial charge in [0, 0.05) is 5.92 Å². The van der Waals surface area contributed by atoms with Gasteiger partial charge in [0.15, 0.2) is 0 Å². The van der Waals surface area contributed by atoms with Crippen LogP contribution in [-0.2, 0) is 4.74 Å². The van der Waals surface area contributed by atoms with Crippen molar-refractivity contribution in [1.29, 1.82) is 0 Å². The van der Waals surface area contributed by atoms with Gasteiger partial charge in [-0.3, -0.25) is 0 Å². The summed E-state index contributed by atoms with van der Waals surface area (Å²) in [6, 6.07) is 7.56. The Morgan fingerprint density at radius 2 is 1.95 bits per heavy atom. The molecule has 2 heteroatoms. The highest BCUT2D eigenvalue weighted by molar-refractivity contribution is 5.90. The number of aryl methyl sites for hydroxylation is 1. The zero-order chi connectivity index (χ0) is 14.9. The maximum Gasteiger partial charge on any atom is 0.338 e. The van der Waals surface area contributed by atoms with Gasteiger partial charge >= 0.3 is 5.97 Å². The van der Waals surface area contributed by atoms with Crippen molar-refractivity contribution in [2.24, 2.45) is 17.3 Å². The molecular weight excluding hydrogens is 248 g/mol. The number of allylic oxidation sites excluding steroid dienone is 2. The number of carbonyl (C=O) groups excluding carboxylic acids is 1. The highest BCUT2D eigenvalue weighted by Gasteiger charge is 2.56. The lowest BCUT2D eigenvalue weighted by atomic mass is 10.1. The Bertz CT molecular complexity index is 536. The van der Waals surface area contributed by atoms with Gasteiger partial charge in [0.1, 0.15) is 0 Å². The molecule has 0 spiro atoms. The summed E-state index contributed by atoms with van der Waals surface area (Å²) in [5, 5.41) is 0. The molecule has 2 atom stereocenters. The SMILES string of the molecule is CC(C)=CC1C(COC(=O)c2ccccc2C)C1(C)C. The number of hydrogen-bond donors (Lipinski definition) is 0. The third kappa shape index (κ3) is 2.95. The normalized spacial score (nSPS) is 23.1. The molecule has 108 valence electrons. The predicted molar refractivity (Wildman–Crippen MR) is 81.7 cm³/mol. The monoisotopic (exact) mass is 272 g/mol. The van der Waals surface area contributed by atoms with Crippen molar-refractivity contribution in [3.05, 3.63) is 47.0 Å². The Balaban J connectivity index is 1.96. The van der Waals surface area contributed by atoms with E-state index in [9.17, 15) is 4.79 Å². The van der Waals surface area contributed by atoms with Crippen molar-refractivity contribution in [2.45, 2.75) is 34.6 Å². The van der Waals surface area contributed by atoms with Crippen LogP contribution in [-0.4, -0.2) is 12.6 Å². The quantitative estimate of drug-likeness (QED) is 0.600. The molecule has 1 aliphatic carbocycles. The lowest BCUT2D eigenvalue weighted by molar-refractivity contribution is 0.0470. The van der Waals surface area contributed by atoms with E-state index in [1.165, 1.54) is 5.57 Å². The smallest absolute Gasteiger partial charge is 0.338 e. The molecule has 1 fully saturated rings. The van der Waals surface area contributed by atoms with Gasteiger partial charge in [0.2, 0.25) is 0 Å². The number of ether oxygens (including phenoxy) is 1. The van der Waals surface area contributed by atoms with Crippen molar-refractivity contribution in [1.82, 2.24) is 0 Å². The van der Waals surface area contributed by atoms with E-state index in [0.29, 0.717) is 24.0 Å². The van der Waals surface area contributed by atoms with E-state index < -0.39 is 0 Å². The van der Waals surface area contributed by atoms with Gasteiger partial charge in [-0.15, -0.1) is 0 Å². The second kappa shape index (κ2) is 5.43. The molecule has 0 N–H and O–H groups in total. The molecule has 1 aromatic rings. The van der Waals surface area contributed by atoms with Crippen LogP contribution in [0.4, 0.5) is 0 Å². The van der Waals surface area contributed by atoms with Crippen LogP contribution in [0.5, 0.6) is 0 Å². The first-order valence-electron chi connectivity index (χ1n) is 7.22. The lowest BCUT2D eigenvalue weighted by Crippen LogP contribution is -2.10. The van der Waals surface area contributed by atoms with Gasteiger partial charge in [-0.25, -0.2) is 4.79 Å². The minimum atomic E-state index is -0.207. The zero-order valence-electron chi connectivity index (χ0n) is 13.1. The van der Waals surface area contributed by atoms with Gasteiger partial charge in [-0.2, -0.15) is 0 Å². The molecule has 2 rings (SSSR count). The molecule has 0 amide bonds. The standard InChI is InChI=1S/C18H24O2/c1-12(2)10-15-16(18(15,4)5)11-20-17(19)14-9-7-6-8-13(14)3/h6-10,15-16H,11H2,1-5H3. The van der Waals surface area contributed by atoms with Gasteiger partial charge < -0.3 is 4.74 Å². The predicted octanol–water partition coefficient (Wildman–Crippen LogP) is 4.39. The number of benzene rings is 1. The summed E-state index contributed by atoms with van der Waals surface area (Å²) in [7, 11) is 0. The second-order valence-corrected chi connectivity index (χ2v) is 6.61. The topological polar surface area (TPSA) is 26.3 Å². The van der Waals surface area contributed by atoms with E-state index in [-0.39, 0.29) is 11.4 Å². The molecule has 0 saturated heterocycles. The summed E-state index contributed by atoms with van der Waals surface area (Å²) < 4.78 is 5.51. The second-order valence-electron chi connectivity index (χ2n) is 6.61. The highest BCUT2D eigenvalue weighted by atomic mass is 16.5. The molecule has 0 aliphatic heterocycles. The molecule has 0 aromatic heterocycles. The number of rotatable bonds is 4. The number of hydrogen-bond acceptors (Lipinski definition) is 2. The molecule has 1 saturated carbocycles. The minimum Gasteiger partial charge on any atom is -0.462 e. The summed E-state index contributed by atoms with van der Waals surface area (Å²) >= 11 is 0. The van der Waals surface area contributed by atoms with Crippen LogP contribution in [0.2, 0.25) is 0 Å². The van der Waals surface area contributed by atoms with E-state index in [4.69, 9.17) is 4.74 Å². The largest absolute Gasteiger partial charge is 0.462 e. The minimum absolute atomic E-state index is 0.207. The Labute approximate surface area is 121 Å². The third-order valence-corrected chi connectivity index (χ3v) is 4.41. The van der Waals surface area contributed by atoms with Crippen molar-refractivity contribution < 1.29 is 9.53 Å². The van der Waals surface area contributed by atoms with E-state index in [1.807, 2.05) is 31.2 Å². The summed E-state index contributed by atoms with van der Waals surface area (Å²) in [5.41, 5.74) is 3.21. The molecule has 2 nitrogen and oxygen atoms in total. The van der Waals surface area contributed by atoms with Crippen molar-refractivity contribution in [2.75, 3.05) is 6.61 Å². The Morgan fingerprint density at radius 1 is 1.30 bits per heavy atom. The first-order valence-corrected chi connectivity index (χ1v) is 7.22. The molecule has 0 bridgehead atoms. The zero-order valence-corrected chi connectivity index (χ0v) is 13.1. The van der Waals surface area contributed by atoms with E-state index in [1.54, 1.807) is 0 Å². The summed E-state index contributed by atoms with van der Waals surface area (Å²) in [4.78, 5) is 12.1. The highest BCUT2D eigenvalue weighted by Crippen LogP contribution is 2.59. The summed E-state index contributed by atoms with van der Waals surface area (Å²) in [5.74, 6) is 0.754. The van der Waals surface area contributed by atoms with E-state index >= 15 is 0 Å². The van der Waals surface area contributed by atoms with Crippen LogP contribution >= 0.6 is 0 Å². The van der Waals surface area contributed by atoms with Crippen LogP contribution in [0.3, 0.4) is 0 Å². The van der Waals surface area contributed by atoms with Gasteiger partial charge in [0.05, 0.1) is 12.2 Å². The maximum absolute atomic E-state index is 12.1. The van der Waals surface area contributed by atoms with Crippen LogP contribution in [0.1, 0.15) is 43.6 Å². The molecule has 0 radical (unpaired) electrons. The Hall–Kier alpha value is -1.57. The molecule has 0 heterocycles. The third-order valence-electron chi connectivity index (χ3n) is 4.41. The fourth-order valence-electron chi connectivity index (χ4n) is 2.84. The average molecular weight is 272 g/mol. The first-order chi connectivity index (χ1) is 9.34. The van der Waals surface area contributed by atoms with Crippen molar-refractivity contribution in [3.8, 4) is 0 Å². The molecular formula is C18H24O2. The van der Waals surface area contributed by atoms with E-state index in [2.05, 4.69) is 33.8 Å². The van der Waals surface area contributed by atoms with Gasteiger partial charge in [-0.05, 0) is 43.7 Å². The fraction of sp³-hybridized carbons (Fsp3) is 0.500. The Morgan fingerprint density at radius 3 is 2.55 bits per heavy atom. The summed E-state index contributed by atoms with van der Waals surface area (Å²) in [6.45, 7) is 11.2. The Kier molecular flexibility index (Phi) is 4.03. The summed E-state index contributed by atoms with van der Waals surface area (Å²) in [6.07, 6.45) is 2.30. The molecule has 20 heavy (non-hydrogen) atoms. The molecule has 2 unspecified atom stereocenters. The average Bonchev–Trinajstić information content (AvgIpc) is 2.87. The number of esters is 1. The molecule has 1 aliphatic rings. The van der Waals surface area contributed by atoms with Crippen molar-refractivity contribution in [3.63, 3.8) is 0 Å². The fourth-order valence-corrected chi connectivity index (χ4v) is 2.84. The van der Waals surface area contributed by atoms with Crippen molar-refractivity contribution >= 4 is 5.97 Å².